The second-order valence-corrected chi connectivity index (χ2v) is 37.9. The largest absolute Gasteiger partial charge is 0.479 e. The quantitative estimate of drug-likeness (QED) is 0.0162. The number of hydrogen-bond donors (Lipinski definition) is 16. The van der Waals surface area contributed by atoms with Gasteiger partial charge in [0.05, 0.1) is 85.7 Å². The van der Waals surface area contributed by atoms with Crippen LogP contribution in [0.15, 0.2) is 11.6 Å². The monoisotopic (exact) mass is 1690 g/mol. The Balaban J connectivity index is 0.854. The number of carbonyl (C=O) groups excluding carboxylic acids is 4. The molecular weight excluding hydrogens is 1560 g/mol. The van der Waals surface area contributed by atoms with E-state index < -0.39 is 279 Å². The molecule has 10 fully saturated rings. The summed E-state index contributed by atoms with van der Waals surface area (Å²) in [6.07, 6.45) is -41.8. The second kappa shape index (κ2) is 37.8. The summed E-state index contributed by atoms with van der Waals surface area (Å²) in [6.45, 7) is 23.5. The van der Waals surface area contributed by atoms with E-state index in [-0.39, 0.29) is 54.8 Å². The standard InChI is InChI=1S/C83H134O35/c1-14-36(3)45(88)26-41(86)28-55(90)109-47(37(4)15-2)27-42(87)29-56(91)110-48-30-50(112-76-67(101)69(117-75-66(100)63(97)60(94)51(33-84)113-75)68(40(7)108-76)116-73-64(98)59(93)46(89)34-105-73)72(106-38(48)5)118-77(104)83-24-22-78(8,9)32-44(83)43-16-17-53-79(10)20-19-54(80(11,35-85)52(79)18-21-82(53,13)81(43,12)23-25-83)114-57-31-49(61(95)70(115-57)71(102)103)111-74-65(99)62(96)58(92)39(6)107-74/h16,35-42,44-54,57-70,72-76,84,86-89,92-101H,14-15,17-34H2,1-13H3,(H,102,103)/t36-,37-,38+,39-,40-,41-,42-,44-,45-,46+,47-,48+,49+,50+,51+,52+,53+,54-,57+,58-,59-,60+,61-,62+,63-,64+,65+,66+,67+,68-,69-,70-,72-,73-,74-,75-,76-,79-,80-,81+,82+,83-/m0/s1. The molecule has 0 unspecified atom stereocenters. The molecule has 35 nitrogen and oxygen atoms in total. The molecule has 0 aromatic carbocycles. The normalized spacial score (nSPS) is 47.3. The molecule has 4 saturated carbocycles. The number of rotatable bonds is 29. The molecule has 0 radical (unpaired) electrons. The molecule has 0 aromatic heterocycles. The number of hydrogen-bond acceptors (Lipinski definition) is 34. The number of carbonyl (C=O) groups is 5. The number of carboxylic acids is 1. The first kappa shape index (κ1) is 94.9. The second-order valence-electron chi connectivity index (χ2n) is 37.9. The molecule has 11 rings (SSSR count). The van der Waals surface area contributed by atoms with Crippen molar-refractivity contribution >= 4 is 30.2 Å². The lowest BCUT2D eigenvalue weighted by Gasteiger charge is -2.71. The summed E-state index contributed by atoms with van der Waals surface area (Å²) in [5, 5.41) is 174. The fourth-order valence-electron chi connectivity index (χ4n) is 21.6. The molecule has 0 spiro atoms. The molecule has 0 amide bonds. The van der Waals surface area contributed by atoms with E-state index in [1.54, 1.807) is 13.8 Å². The first-order chi connectivity index (χ1) is 55.3. The maximum atomic E-state index is 16.3. The number of carboxylic acid groups (broad SMARTS) is 1. The summed E-state index contributed by atoms with van der Waals surface area (Å²) in [6, 6.07) is 0. The Labute approximate surface area is 688 Å². The van der Waals surface area contributed by atoms with E-state index in [9.17, 15) is 101 Å². The summed E-state index contributed by atoms with van der Waals surface area (Å²) in [5.74, 6) is -4.99. The molecule has 0 bridgehead atoms. The van der Waals surface area contributed by atoms with Gasteiger partial charge in [0, 0.05) is 25.7 Å². The van der Waals surface area contributed by atoms with Crippen molar-refractivity contribution in [1.82, 2.24) is 0 Å². The summed E-state index contributed by atoms with van der Waals surface area (Å²) in [7, 11) is 0. The minimum absolute atomic E-state index is 0.0193. The van der Waals surface area contributed by atoms with Gasteiger partial charge in [-0.15, -0.1) is 0 Å². The van der Waals surface area contributed by atoms with E-state index in [1.165, 1.54) is 13.8 Å². The Morgan fingerprint density at radius 3 is 1.83 bits per heavy atom. The molecule has 676 valence electrons. The lowest BCUT2D eigenvalue weighted by Crippen LogP contribution is -2.66. The molecule has 6 saturated heterocycles. The lowest BCUT2D eigenvalue weighted by molar-refractivity contribution is -0.389. The van der Waals surface area contributed by atoms with Crippen LogP contribution < -0.4 is 0 Å². The lowest BCUT2D eigenvalue weighted by atomic mass is 9.33. The fourth-order valence-corrected chi connectivity index (χ4v) is 21.6. The van der Waals surface area contributed by atoms with Gasteiger partial charge >= 0.3 is 23.9 Å². The highest BCUT2D eigenvalue weighted by Crippen LogP contribution is 2.76. The first-order valence-electron chi connectivity index (χ1n) is 42.6. The number of esters is 3. The average Bonchev–Trinajstić information content (AvgIpc) is 0.674. The third kappa shape index (κ3) is 18.9. The molecular formula is C83H134O35. The zero-order chi connectivity index (χ0) is 86.7. The van der Waals surface area contributed by atoms with E-state index in [0.29, 0.717) is 77.0 Å². The predicted molar refractivity (Wildman–Crippen MR) is 405 cm³/mol. The van der Waals surface area contributed by atoms with Crippen molar-refractivity contribution in [1.29, 1.82) is 0 Å². The zero-order valence-corrected chi connectivity index (χ0v) is 70.1. The third-order valence-electron chi connectivity index (χ3n) is 29.8. The Morgan fingerprint density at radius 1 is 0.568 bits per heavy atom. The number of aliphatic carboxylic acids is 1. The maximum Gasteiger partial charge on any atom is 0.335 e. The van der Waals surface area contributed by atoms with Crippen LogP contribution in [-0.2, 0) is 90.3 Å². The number of fused-ring (bicyclic) bond motifs is 7. The van der Waals surface area contributed by atoms with E-state index in [1.807, 2.05) is 27.7 Å². The Morgan fingerprint density at radius 2 is 1.17 bits per heavy atom. The topological polar surface area (TPSA) is 538 Å². The van der Waals surface area contributed by atoms with Gasteiger partial charge < -0.3 is 153 Å². The van der Waals surface area contributed by atoms with Crippen LogP contribution in [0.1, 0.15) is 206 Å². The van der Waals surface area contributed by atoms with E-state index in [0.717, 1.165) is 11.9 Å². The van der Waals surface area contributed by atoms with Gasteiger partial charge in [0.15, 0.2) is 37.6 Å². The van der Waals surface area contributed by atoms with Crippen molar-refractivity contribution in [2.45, 2.75) is 402 Å². The van der Waals surface area contributed by atoms with Gasteiger partial charge in [-0.1, -0.05) is 93.7 Å². The highest BCUT2D eigenvalue weighted by atomic mass is 16.8. The molecule has 42 atom stereocenters. The summed E-state index contributed by atoms with van der Waals surface area (Å²) in [5.41, 5.74) is -2.99. The Hall–Kier alpha value is -3.75. The number of aldehydes is 1. The highest BCUT2D eigenvalue weighted by molar-refractivity contribution is 5.79. The van der Waals surface area contributed by atoms with Gasteiger partial charge in [-0.2, -0.15) is 0 Å². The number of allylic oxidation sites excluding steroid dienone is 2. The average molecular weight is 1690 g/mol. The number of aliphatic hydroxyl groups is 15. The van der Waals surface area contributed by atoms with Crippen molar-refractivity contribution in [3.05, 3.63) is 11.6 Å². The summed E-state index contributed by atoms with van der Waals surface area (Å²) >= 11 is 0. The van der Waals surface area contributed by atoms with Gasteiger partial charge in [0.1, 0.15) is 110 Å². The molecule has 6 heterocycles. The molecule has 0 aromatic rings. The van der Waals surface area contributed by atoms with Crippen molar-refractivity contribution in [3.8, 4) is 0 Å². The number of aliphatic hydroxyl groups excluding tert-OH is 15. The third-order valence-corrected chi connectivity index (χ3v) is 29.8. The van der Waals surface area contributed by atoms with Crippen LogP contribution in [0.2, 0.25) is 0 Å². The van der Waals surface area contributed by atoms with Crippen molar-refractivity contribution in [3.63, 3.8) is 0 Å². The summed E-state index contributed by atoms with van der Waals surface area (Å²) < 4.78 is 86.6. The van der Waals surface area contributed by atoms with Crippen LogP contribution in [0.4, 0.5) is 0 Å². The van der Waals surface area contributed by atoms with Crippen LogP contribution in [0, 0.1) is 62.1 Å². The van der Waals surface area contributed by atoms with Gasteiger partial charge in [0.2, 0.25) is 6.29 Å². The SMILES string of the molecule is CC[C@H](C)[C@H](C[C@H](O)CC(=O)O[C@@H]1C[C@@H](O[C@@H]2O[C@@H](C)[C@H](O[C@@H]3OC[C@@H](O)[C@H](O)[C@H]3O)[C@@H](O[C@@H]3O[C@H](CO)[C@@H](O)[C@H](O)[C@H]3O)[C@H]2O)[C@H](OC(=O)[C@]23CCC(C)(C)C[C@H]2C2=CC[C@@H]4[C@@]5(C)CC[C@H](O[C@H]6C[C@@H](O[C@@H]7O[C@@H](C)[C@H](O)[C@@H](O)[C@H]7O)[C@H](O)[C@@H](C(=O)O)O6)[C@@](C)(C=O)[C@@H]5CC[C@@]4(C)[C@]2(C)CC3)O[C@@H]1C)OC(=O)C[C@@H](O)C[C@H](O)[C@@H](C)CC. The van der Waals surface area contributed by atoms with Crippen LogP contribution in [0.3, 0.4) is 0 Å². The van der Waals surface area contributed by atoms with Crippen molar-refractivity contribution < 1.29 is 172 Å². The van der Waals surface area contributed by atoms with Gasteiger partial charge in [-0.3, -0.25) is 14.4 Å². The Bertz CT molecular complexity index is 3420. The molecule has 11 aliphatic rings. The number of ether oxygens (including phenoxy) is 14. The van der Waals surface area contributed by atoms with Crippen LogP contribution in [-0.4, -0.2) is 322 Å². The smallest absolute Gasteiger partial charge is 0.335 e. The van der Waals surface area contributed by atoms with E-state index >= 15 is 4.79 Å². The fraction of sp³-hybridized carbons (Fsp3) is 0.916. The van der Waals surface area contributed by atoms with Crippen molar-refractivity contribution in [2.24, 2.45) is 62.1 Å². The van der Waals surface area contributed by atoms with E-state index in [2.05, 4.69) is 40.7 Å². The van der Waals surface area contributed by atoms with Crippen LogP contribution >= 0.6 is 0 Å². The van der Waals surface area contributed by atoms with Crippen molar-refractivity contribution in [2.75, 3.05) is 13.2 Å². The van der Waals surface area contributed by atoms with Gasteiger partial charge in [-0.25, -0.2) is 4.79 Å². The predicted octanol–water partition coefficient (Wildman–Crippen LogP) is 0.863. The highest BCUT2D eigenvalue weighted by Gasteiger charge is 2.71. The minimum Gasteiger partial charge on any atom is -0.479 e. The van der Waals surface area contributed by atoms with Crippen LogP contribution in [0.25, 0.3) is 0 Å². The molecule has 118 heavy (non-hydrogen) atoms. The van der Waals surface area contributed by atoms with Crippen LogP contribution in [0.5, 0.6) is 0 Å². The molecule has 16 N–H and O–H groups in total. The minimum atomic E-state index is -2.08. The maximum absolute atomic E-state index is 16.3. The van der Waals surface area contributed by atoms with E-state index in [4.69, 9.17) is 66.3 Å². The zero-order valence-electron chi connectivity index (χ0n) is 70.1. The molecule has 6 aliphatic heterocycles. The van der Waals surface area contributed by atoms with Gasteiger partial charge in [-0.05, 0) is 136 Å². The summed E-state index contributed by atoms with van der Waals surface area (Å²) in [4.78, 5) is 70.5. The molecule has 35 heteroatoms. The first-order valence-corrected chi connectivity index (χ1v) is 42.6. The Kier molecular flexibility index (Phi) is 30.4. The molecule has 5 aliphatic carbocycles. The van der Waals surface area contributed by atoms with Gasteiger partial charge in [0.25, 0.3) is 0 Å².